The summed E-state index contributed by atoms with van der Waals surface area (Å²) in [7, 11) is 1.77. The number of likely N-dealkylation sites (N-methyl/N-ethyl adjacent to an activating group) is 1. The molecule has 1 heterocycles. The van der Waals surface area contributed by atoms with Gasteiger partial charge in [0.1, 0.15) is 23.9 Å². The Morgan fingerprint density at radius 3 is 2.50 bits per heavy atom. The van der Waals surface area contributed by atoms with Crippen molar-refractivity contribution in [2.75, 3.05) is 11.9 Å². The summed E-state index contributed by atoms with van der Waals surface area (Å²) in [4.78, 5) is 16.3. The number of carbonyl (C=O) groups excluding carboxylic acids is 1. The fourth-order valence-corrected chi connectivity index (χ4v) is 3.51. The van der Waals surface area contributed by atoms with Gasteiger partial charge in [-0.1, -0.05) is 48.5 Å². The molecule has 1 amide bonds. The van der Waals surface area contributed by atoms with Crippen LogP contribution < -0.4 is 9.64 Å². The van der Waals surface area contributed by atoms with Crippen LogP contribution in [0.2, 0.25) is 0 Å². The molecule has 4 rings (SSSR count). The first-order valence-electron chi connectivity index (χ1n) is 9.40. The fourth-order valence-electron chi connectivity index (χ4n) is 3.23. The van der Waals surface area contributed by atoms with Crippen LogP contribution in [0.25, 0.3) is 6.08 Å². The first-order valence-corrected chi connectivity index (χ1v) is 9.80. The average Bonchev–Trinajstić information content (AvgIpc) is 2.97. The largest absolute Gasteiger partial charge is 0.488 e. The van der Waals surface area contributed by atoms with Crippen molar-refractivity contribution in [2.45, 2.75) is 6.61 Å². The minimum absolute atomic E-state index is 0.200. The van der Waals surface area contributed by atoms with Gasteiger partial charge in [0.2, 0.25) is 0 Å². The molecule has 4 nitrogen and oxygen atoms in total. The van der Waals surface area contributed by atoms with Crippen molar-refractivity contribution in [1.82, 2.24) is 4.90 Å². The Morgan fingerprint density at radius 2 is 1.73 bits per heavy atom. The number of hydrogen-bond acceptors (Lipinski definition) is 3. The Kier molecular flexibility index (Phi) is 5.59. The molecule has 0 aliphatic carbocycles. The van der Waals surface area contributed by atoms with Crippen LogP contribution in [0.1, 0.15) is 11.1 Å². The number of thiocarbonyl (C=S) groups is 1. The number of halogens is 1. The molecule has 30 heavy (non-hydrogen) atoms. The monoisotopic (exact) mass is 418 g/mol. The van der Waals surface area contributed by atoms with E-state index in [1.165, 1.54) is 17.0 Å². The van der Waals surface area contributed by atoms with E-state index in [4.69, 9.17) is 17.0 Å². The maximum Gasteiger partial charge on any atom is 0.281 e. The van der Waals surface area contributed by atoms with E-state index < -0.39 is 0 Å². The highest BCUT2D eigenvalue weighted by Gasteiger charge is 2.36. The van der Waals surface area contributed by atoms with Gasteiger partial charge in [0.15, 0.2) is 5.11 Å². The van der Waals surface area contributed by atoms with E-state index in [9.17, 15) is 9.18 Å². The van der Waals surface area contributed by atoms with Crippen molar-refractivity contribution < 1.29 is 13.9 Å². The summed E-state index contributed by atoms with van der Waals surface area (Å²) in [5.74, 6) is 0.0902. The molecule has 0 N–H and O–H groups in total. The normalized spacial score (nSPS) is 15.2. The third-order valence-electron chi connectivity index (χ3n) is 4.77. The van der Waals surface area contributed by atoms with E-state index in [0.717, 1.165) is 16.8 Å². The van der Waals surface area contributed by atoms with Gasteiger partial charge >= 0.3 is 0 Å². The van der Waals surface area contributed by atoms with Gasteiger partial charge in [-0.15, -0.1) is 0 Å². The predicted octanol–water partition coefficient (Wildman–Crippen LogP) is 5.01. The van der Waals surface area contributed by atoms with Gasteiger partial charge in [-0.25, -0.2) is 4.39 Å². The van der Waals surface area contributed by atoms with Gasteiger partial charge in [0.25, 0.3) is 5.91 Å². The Morgan fingerprint density at radius 1 is 1.00 bits per heavy atom. The van der Waals surface area contributed by atoms with E-state index in [1.807, 2.05) is 54.6 Å². The lowest BCUT2D eigenvalue weighted by molar-refractivity contribution is -0.114. The Balaban J connectivity index is 1.62. The lowest BCUT2D eigenvalue weighted by Gasteiger charge is -2.16. The second kappa shape index (κ2) is 8.47. The van der Waals surface area contributed by atoms with E-state index >= 15 is 0 Å². The minimum Gasteiger partial charge on any atom is -0.488 e. The second-order valence-electron chi connectivity index (χ2n) is 6.80. The van der Waals surface area contributed by atoms with Crippen molar-refractivity contribution in [3.05, 3.63) is 102 Å². The summed E-state index contributed by atoms with van der Waals surface area (Å²) in [6.07, 6.45) is 1.76. The Hall–Kier alpha value is -3.51. The van der Waals surface area contributed by atoms with Crippen LogP contribution in [0.15, 0.2) is 84.6 Å². The molecule has 0 bridgehead atoms. The number of para-hydroxylation sites is 2. The molecule has 3 aromatic carbocycles. The molecule has 6 heteroatoms. The maximum absolute atomic E-state index is 13.4. The lowest BCUT2D eigenvalue weighted by atomic mass is 10.1. The molecule has 1 aliphatic rings. The molecule has 0 unspecified atom stereocenters. The minimum atomic E-state index is -0.306. The number of rotatable bonds is 5. The first kappa shape index (κ1) is 19.8. The lowest BCUT2D eigenvalue weighted by Crippen LogP contribution is -2.30. The Labute approximate surface area is 179 Å². The molecule has 0 radical (unpaired) electrons. The molecule has 0 atom stereocenters. The number of carbonyl (C=O) groups is 1. The smallest absolute Gasteiger partial charge is 0.281 e. The van der Waals surface area contributed by atoms with Crippen molar-refractivity contribution in [2.24, 2.45) is 0 Å². The van der Waals surface area contributed by atoms with Gasteiger partial charge in [-0.3, -0.25) is 9.69 Å². The van der Waals surface area contributed by atoms with Gasteiger partial charge in [0, 0.05) is 12.6 Å². The van der Waals surface area contributed by atoms with Crippen LogP contribution >= 0.6 is 12.2 Å². The van der Waals surface area contributed by atoms with Gasteiger partial charge < -0.3 is 9.64 Å². The first-order chi connectivity index (χ1) is 14.5. The summed E-state index contributed by atoms with van der Waals surface area (Å²) in [5.41, 5.74) is 2.63. The van der Waals surface area contributed by atoms with E-state index in [1.54, 1.807) is 30.2 Å². The highest BCUT2D eigenvalue weighted by atomic mass is 32.1. The third kappa shape index (κ3) is 3.95. The van der Waals surface area contributed by atoms with E-state index in [-0.39, 0.29) is 18.3 Å². The molecule has 1 fully saturated rings. The van der Waals surface area contributed by atoms with Crippen LogP contribution in [-0.4, -0.2) is 23.0 Å². The van der Waals surface area contributed by atoms with Crippen molar-refractivity contribution >= 4 is 35.0 Å². The number of anilines is 1. The summed E-state index contributed by atoms with van der Waals surface area (Å²) >= 11 is 5.50. The quantitative estimate of drug-likeness (QED) is 0.431. The van der Waals surface area contributed by atoms with Gasteiger partial charge in [-0.2, -0.15) is 0 Å². The van der Waals surface area contributed by atoms with Crippen LogP contribution in [-0.2, 0) is 11.4 Å². The van der Waals surface area contributed by atoms with Crippen LogP contribution in [0, 0.1) is 5.82 Å². The van der Waals surface area contributed by atoms with Gasteiger partial charge in [-0.05, 0) is 54.2 Å². The molecular weight excluding hydrogens is 399 g/mol. The standard InChI is InChI=1S/C24H19FN2O2S/c1-26-21(23(28)27(24(26)30)20-11-3-2-4-12-20)15-18-9-5-6-13-22(18)29-16-17-8-7-10-19(25)14-17/h2-15H,16H2,1H3/b21-15-. The number of benzene rings is 3. The zero-order chi connectivity index (χ0) is 21.1. The highest BCUT2D eigenvalue weighted by Crippen LogP contribution is 2.30. The second-order valence-corrected chi connectivity index (χ2v) is 7.17. The van der Waals surface area contributed by atoms with Crippen LogP contribution in [0.5, 0.6) is 5.75 Å². The number of nitrogens with zero attached hydrogens (tertiary/aromatic N) is 2. The summed E-state index contributed by atoms with van der Waals surface area (Å²) < 4.78 is 19.3. The Bertz CT molecular complexity index is 1130. The zero-order valence-electron chi connectivity index (χ0n) is 16.3. The molecule has 1 aliphatic heterocycles. The molecule has 1 saturated heterocycles. The average molecular weight is 418 g/mol. The molecule has 0 aromatic heterocycles. The topological polar surface area (TPSA) is 32.8 Å². The SMILES string of the molecule is CN1C(=S)N(c2ccccc2)C(=O)/C1=C/c1ccccc1OCc1cccc(F)c1. The number of ether oxygens (including phenoxy) is 1. The molecular formula is C24H19FN2O2S. The number of hydrogen-bond donors (Lipinski definition) is 0. The number of amides is 1. The van der Waals surface area contributed by atoms with E-state index in [2.05, 4.69) is 0 Å². The van der Waals surface area contributed by atoms with Crippen LogP contribution in [0.3, 0.4) is 0 Å². The molecule has 150 valence electrons. The van der Waals surface area contributed by atoms with Crippen LogP contribution in [0.4, 0.5) is 10.1 Å². The maximum atomic E-state index is 13.4. The summed E-state index contributed by atoms with van der Waals surface area (Å²) in [6, 6.07) is 23.0. The van der Waals surface area contributed by atoms with Crippen molar-refractivity contribution in [3.8, 4) is 5.75 Å². The van der Waals surface area contributed by atoms with Gasteiger partial charge in [0.05, 0.1) is 5.69 Å². The summed E-state index contributed by atoms with van der Waals surface area (Å²) in [6.45, 7) is 0.219. The highest BCUT2D eigenvalue weighted by molar-refractivity contribution is 7.80. The predicted molar refractivity (Wildman–Crippen MR) is 119 cm³/mol. The molecule has 3 aromatic rings. The third-order valence-corrected chi connectivity index (χ3v) is 5.23. The molecule has 0 spiro atoms. The summed E-state index contributed by atoms with van der Waals surface area (Å²) in [5, 5.41) is 0.413. The zero-order valence-corrected chi connectivity index (χ0v) is 17.1. The fraction of sp³-hybridized carbons (Fsp3) is 0.0833. The van der Waals surface area contributed by atoms with Crippen molar-refractivity contribution in [1.29, 1.82) is 0 Å². The van der Waals surface area contributed by atoms with Crippen molar-refractivity contribution in [3.63, 3.8) is 0 Å². The van der Waals surface area contributed by atoms with E-state index in [0.29, 0.717) is 16.6 Å². The molecule has 0 saturated carbocycles.